The molecule has 3 rings (SSSR count). The molecule has 106 valence electrons. The molecule has 0 N–H and O–H groups in total. The predicted molar refractivity (Wildman–Crippen MR) is 80.6 cm³/mol. The van der Waals surface area contributed by atoms with E-state index in [1.54, 1.807) is 0 Å². The molecule has 0 atom stereocenters. The summed E-state index contributed by atoms with van der Waals surface area (Å²) >= 11 is 0. The van der Waals surface area contributed by atoms with Crippen molar-refractivity contribution in [1.82, 2.24) is 19.2 Å². The molecular formula is C13H19N5OSi. The first kappa shape index (κ1) is 13.2. The van der Waals surface area contributed by atoms with Crippen LogP contribution in [-0.2, 0) is 4.74 Å². The molecule has 0 fully saturated rings. The average molecular weight is 289 g/mol. The van der Waals surface area contributed by atoms with Crippen molar-refractivity contribution in [3.05, 3.63) is 18.3 Å². The summed E-state index contributed by atoms with van der Waals surface area (Å²) in [7, 11) is -1.60. The second kappa shape index (κ2) is 4.11. The third kappa shape index (κ3) is 2.11. The van der Waals surface area contributed by atoms with Gasteiger partial charge in [-0.2, -0.15) is 0 Å². The van der Waals surface area contributed by atoms with Crippen LogP contribution in [0.4, 0.5) is 0 Å². The molecule has 0 spiro atoms. The number of ether oxygens (including phenoxy) is 1. The Labute approximate surface area is 119 Å². The smallest absolute Gasteiger partial charge is 0.238 e. The number of hydrogen-bond donors (Lipinski definition) is 0. The minimum absolute atomic E-state index is 0.198. The number of imidazole rings is 1. The minimum atomic E-state index is -1.60. The van der Waals surface area contributed by atoms with E-state index >= 15 is 0 Å². The van der Waals surface area contributed by atoms with Gasteiger partial charge in [0.15, 0.2) is 19.6 Å². The second-order valence-electron chi connectivity index (χ2n) is 6.70. The van der Waals surface area contributed by atoms with Crippen molar-refractivity contribution in [3.8, 4) is 0 Å². The van der Waals surface area contributed by atoms with Gasteiger partial charge in [0.1, 0.15) is 18.5 Å². The van der Waals surface area contributed by atoms with E-state index in [1.165, 1.54) is 6.33 Å². The van der Waals surface area contributed by atoms with Gasteiger partial charge in [0, 0.05) is 0 Å². The summed E-state index contributed by atoms with van der Waals surface area (Å²) in [6.07, 6.45) is 3.38. The Balaban J connectivity index is 2.24. The molecule has 0 bridgehead atoms. The Bertz CT molecular complexity index is 698. The molecule has 0 saturated carbocycles. The number of rotatable bonds is 2. The van der Waals surface area contributed by atoms with Gasteiger partial charge < -0.3 is 8.97 Å². The molecule has 20 heavy (non-hydrogen) atoms. The zero-order valence-corrected chi connectivity index (χ0v) is 13.5. The Morgan fingerprint density at radius 3 is 2.55 bits per heavy atom. The molecule has 2 aromatic heterocycles. The summed E-state index contributed by atoms with van der Waals surface area (Å²) < 4.78 is 7.94. The van der Waals surface area contributed by atoms with Gasteiger partial charge in [-0.25, -0.2) is 19.9 Å². The van der Waals surface area contributed by atoms with Crippen molar-refractivity contribution in [3.63, 3.8) is 0 Å². The molecule has 0 amide bonds. The van der Waals surface area contributed by atoms with Crippen LogP contribution in [-0.4, -0.2) is 45.5 Å². The van der Waals surface area contributed by atoms with E-state index in [0.717, 1.165) is 11.2 Å². The molecule has 6 nitrogen and oxygen atoms in total. The summed E-state index contributed by atoms with van der Waals surface area (Å²) in [5.41, 5.74) is 2.19. The first-order valence-electron chi connectivity index (χ1n) is 6.69. The fourth-order valence-electron chi connectivity index (χ4n) is 2.23. The third-order valence-electron chi connectivity index (χ3n) is 3.23. The van der Waals surface area contributed by atoms with Gasteiger partial charge in [-0.1, -0.05) is 19.6 Å². The highest BCUT2D eigenvalue weighted by atomic mass is 28.3. The minimum Gasteiger partial charge on any atom is -0.474 e. The lowest BCUT2D eigenvalue weighted by atomic mass is 10.1. The Kier molecular flexibility index (Phi) is 2.72. The molecule has 1 aliphatic rings. The van der Waals surface area contributed by atoms with Crippen LogP contribution in [0.1, 0.15) is 19.5 Å². The maximum atomic E-state index is 5.73. The van der Waals surface area contributed by atoms with Crippen molar-refractivity contribution >= 4 is 25.3 Å². The molecular weight excluding hydrogens is 270 g/mol. The zero-order chi connectivity index (χ0) is 14.5. The third-order valence-corrected chi connectivity index (χ3v) is 5.02. The van der Waals surface area contributed by atoms with Crippen LogP contribution in [0.2, 0.25) is 19.6 Å². The average Bonchev–Trinajstić information content (AvgIpc) is 2.90. The quantitative estimate of drug-likeness (QED) is 0.794. The maximum absolute atomic E-state index is 5.73. The number of nitrogens with zero attached hydrogens (tertiary/aromatic N) is 5. The second-order valence-corrected chi connectivity index (χ2v) is 11.5. The molecule has 3 heterocycles. The van der Waals surface area contributed by atoms with E-state index < -0.39 is 8.24 Å². The normalized spacial score (nSPS) is 18.1. The lowest BCUT2D eigenvalue weighted by Crippen LogP contribution is -2.32. The van der Waals surface area contributed by atoms with Gasteiger partial charge in [-0.3, -0.25) is 0 Å². The molecule has 0 unspecified atom stereocenters. The van der Waals surface area contributed by atoms with Gasteiger partial charge in [-0.05, 0) is 13.8 Å². The SMILES string of the molecule is CC1(C)COC(c2ncnc3ncn([Si](C)(C)C)c23)=N1. The maximum Gasteiger partial charge on any atom is 0.238 e. The van der Waals surface area contributed by atoms with Gasteiger partial charge in [-0.15, -0.1) is 0 Å². The molecule has 0 aromatic carbocycles. The molecule has 0 radical (unpaired) electrons. The summed E-state index contributed by atoms with van der Waals surface area (Å²) in [6.45, 7) is 11.4. The van der Waals surface area contributed by atoms with Crippen molar-refractivity contribution < 1.29 is 4.74 Å². The number of fused-ring (bicyclic) bond motifs is 1. The monoisotopic (exact) mass is 289 g/mol. The van der Waals surface area contributed by atoms with E-state index in [1.807, 2.05) is 20.2 Å². The van der Waals surface area contributed by atoms with Gasteiger partial charge in [0.25, 0.3) is 0 Å². The van der Waals surface area contributed by atoms with Crippen LogP contribution in [0.3, 0.4) is 0 Å². The van der Waals surface area contributed by atoms with E-state index in [9.17, 15) is 0 Å². The van der Waals surface area contributed by atoms with E-state index in [0.29, 0.717) is 18.2 Å². The lowest BCUT2D eigenvalue weighted by Gasteiger charge is -2.19. The first-order valence-corrected chi connectivity index (χ1v) is 10.1. The van der Waals surface area contributed by atoms with Crippen molar-refractivity contribution in [2.24, 2.45) is 4.99 Å². The van der Waals surface area contributed by atoms with E-state index in [-0.39, 0.29) is 5.54 Å². The molecule has 0 saturated heterocycles. The summed E-state index contributed by atoms with van der Waals surface area (Å²) in [4.78, 5) is 17.7. The number of hydrogen-bond acceptors (Lipinski definition) is 5. The van der Waals surface area contributed by atoms with Crippen LogP contribution in [0.25, 0.3) is 11.2 Å². The van der Waals surface area contributed by atoms with Gasteiger partial charge in [0.05, 0.1) is 11.9 Å². The summed E-state index contributed by atoms with van der Waals surface area (Å²) in [6, 6.07) is 0. The summed E-state index contributed by atoms with van der Waals surface area (Å²) in [5, 5.41) is 0. The Morgan fingerprint density at radius 1 is 1.20 bits per heavy atom. The highest BCUT2D eigenvalue weighted by Gasteiger charge is 2.31. The van der Waals surface area contributed by atoms with Crippen LogP contribution in [0.15, 0.2) is 17.6 Å². The van der Waals surface area contributed by atoms with E-state index in [4.69, 9.17) is 4.74 Å². The lowest BCUT2D eigenvalue weighted by molar-refractivity contribution is 0.279. The highest BCUT2D eigenvalue weighted by Crippen LogP contribution is 2.24. The first-order chi connectivity index (χ1) is 9.28. The summed E-state index contributed by atoms with van der Waals surface area (Å²) in [5.74, 6) is 0.599. The van der Waals surface area contributed by atoms with Crippen LogP contribution < -0.4 is 0 Å². The van der Waals surface area contributed by atoms with Crippen molar-refractivity contribution in [2.45, 2.75) is 39.0 Å². The fourth-order valence-corrected chi connectivity index (χ4v) is 3.51. The number of aromatic nitrogens is 4. The Morgan fingerprint density at radius 2 is 1.95 bits per heavy atom. The highest BCUT2D eigenvalue weighted by molar-refractivity contribution is 6.75. The zero-order valence-electron chi connectivity index (χ0n) is 12.5. The topological polar surface area (TPSA) is 65.2 Å². The van der Waals surface area contributed by atoms with Gasteiger partial charge >= 0.3 is 0 Å². The van der Waals surface area contributed by atoms with Crippen molar-refractivity contribution in [2.75, 3.05) is 6.61 Å². The molecule has 0 aliphatic carbocycles. The van der Waals surface area contributed by atoms with Crippen molar-refractivity contribution in [1.29, 1.82) is 0 Å². The largest absolute Gasteiger partial charge is 0.474 e. The standard InChI is InChI=1S/C13H19N5OSi/c1-13(2)6-19-12(17-13)9-10-11(15-7-14-9)16-8-18(10)20(3,4)5/h7-8H,6H2,1-5H3. The fraction of sp³-hybridized carbons (Fsp3) is 0.538. The van der Waals surface area contributed by atoms with Crippen LogP contribution in [0, 0.1) is 0 Å². The molecule has 7 heteroatoms. The molecule has 2 aromatic rings. The van der Waals surface area contributed by atoms with Crippen LogP contribution in [0.5, 0.6) is 0 Å². The predicted octanol–water partition coefficient (Wildman–Crippen LogP) is 2.06. The van der Waals surface area contributed by atoms with E-state index in [2.05, 4.69) is 43.8 Å². The Hall–Kier alpha value is -1.76. The van der Waals surface area contributed by atoms with Crippen LogP contribution >= 0.6 is 0 Å². The number of aliphatic imine (C=N–C) groups is 1. The molecule has 1 aliphatic heterocycles. The van der Waals surface area contributed by atoms with Gasteiger partial charge in [0.2, 0.25) is 5.90 Å².